The van der Waals surface area contributed by atoms with Crippen molar-refractivity contribution < 1.29 is 14.8 Å². The maximum atomic E-state index is 11.2. The Kier molecular flexibility index (Phi) is 3.61. The Labute approximate surface area is 108 Å². The summed E-state index contributed by atoms with van der Waals surface area (Å²) in [5, 5.41) is 19.8. The monoisotopic (exact) mass is 260 g/mol. The zero-order chi connectivity index (χ0) is 13.8. The lowest BCUT2D eigenvalue weighted by Crippen LogP contribution is -2.14. The zero-order valence-electron chi connectivity index (χ0n) is 9.95. The Morgan fingerprint density at radius 3 is 2.47 bits per heavy atom. The van der Waals surface area contributed by atoms with Gasteiger partial charge in [-0.2, -0.15) is 0 Å². The predicted octanol–water partition coefficient (Wildman–Crippen LogP) is 2.33. The van der Waals surface area contributed by atoms with Gasteiger partial charge in [-0.05, 0) is 24.1 Å². The molecule has 6 nitrogen and oxygen atoms in total. The van der Waals surface area contributed by atoms with Gasteiger partial charge >= 0.3 is 5.97 Å². The van der Waals surface area contributed by atoms with Crippen molar-refractivity contribution in [2.24, 2.45) is 0 Å². The van der Waals surface area contributed by atoms with Crippen LogP contribution in [-0.4, -0.2) is 21.0 Å². The maximum absolute atomic E-state index is 11.2. The summed E-state index contributed by atoms with van der Waals surface area (Å²) in [4.78, 5) is 24.2. The fourth-order valence-corrected chi connectivity index (χ4v) is 1.88. The molecular weight excluding hydrogens is 248 g/mol. The van der Waals surface area contributed by atoms with E-state index < -0.39 is 16.8 Å². The molecule has 19 heavy (non-hydrogen) atoms. The molecule has 0 amide bonds. The lowest BCUT2D eigenvalue weighted by molar-refractivity contribution is -0.384. The van der Waals surface area contributed by atoms with E-state index in [9.17, 15) is 20.0 Å². The van der Waals surface area contributed by atoms with E-state index in [1.807, 2.05) is 0 Å². The molecule has 0 aliphatic carbocycles. The number of aromatic amines is 1. The molecule has 0 saturated heterocycles. The van der Waals surface area contributed by atoms with Crippen molar-refractivity contribution in [3.63, 3.8) is 0 Å². The second kappa shape index (κ2) is 5.34. The van der Waals surface area contributed by atoms with Crippen LogP contribution in [0.5, 0.6) is 0 Å². The number of nitrogens with one attached hydrogen (secondary N) is 1. The van der Waals surface area contributed by atoms with E-state index in [1.54, 1.807) is 30.5 Å². The Bertz CT molecular complexity index is 575. The van der Waals surface area contributed by atoms with Gasteiger partial charge in [0.05, 0.1) is 4.92 Å². The normalized spacial score (nSPS) is 12.0. The van der Waals surface area contributed by atoms with Crippen molar-refractivity contribution in [3.05, 3.63) is 64.0 Å². The highest BCUT2D eigenvalue weighted by Crippen LogP contribution is 2.21. The fourth-order valence-electron chi connectivity index (χ4n) is 1.88. The Balaban J connectivity index is 2.18. The minimum absolute atomic E-state index is 0.00417. The van der Waals surface area contributed by atoms with Crippen LogP contribution in [0.3, 0.4) is 0 Å². The third kappa shape index (κ3) is 2.98. The number of hydrogen-bond donors (Lipinski definition) is 2. The summed E-state index contributed by atoms with van der Waals surface area (Å²) >= 11 is 0. The van der Waals surface area contributed by atoms with Gasteiger partial charge in [0.25, 0.3) is 5.69 Å². The standard InChI is InChI=1S/C13H12N2O4/c16-13(17)11(12-2-1-7-14-12)8-9-3-5-10(6-4-9)15(18)19/h1-7,11,14H,8H2,(H,16,17). The van der Waals surface area contributed by atoms with Gasteiger partial charge in [-0.3, -0.25) is 14.9 Å². The molecule has 0 fully saturated rings. The molecule has 2 rings (SSSR count). The third-order valence-electron chi connectivity index (χ3n) is 2.88. The summed E-state index contributed by atoms with van der Waals surface area (Å²) in [6.45, 7) is 0. The molecule has 0 saturated carbocycles. The molecule has 0 aliphatic rings. The van der Waals surface area contributed by atoms with Gasteiger partial charge in [0.15, 0.2) is 0 Å². The minimum Gasteiger partial charge on any atom is -0.481 e. The highest BCUT2D eigenvalue weighted by Gasteiger charge is 2.21. The molecule has 0 radical (unpaired) electrons. The molecule has 1 heterocycles. The molecule has 0 spiro atoms. The van der Waals surface area contributed by atoms with Crippen LogP contribution in [0.4, 0.5) is 5.69 Å². The SMILES string of the molecule is O=C(O)C(Cc1ccc([N+](=O)[O-])cc1)c1ccc[nH]1. The number of nitro benzene ring substituents is 1. The Morgan fingerprint density at radius 2 is 2.00 bits per heavy atom. The molecule has 1 unspecified atom stereocenters. The minimum atomic E-state index is -0.930. The summed E-state index contributed by atoms with van der Waals surface area (Å²) in [5.74, 6) is -1.61. The van der Waals surface area contributed by atoms with E-state index in [0.717, 1.165) is 5.56 Å². The zero-order valence-corrected chi connectivity index (χ0v) is 9.95. The topological polar surface area (TPSA) is 96.2 Å². The largest absolute Gasteiger partial charge is 0.481 e. The van der Waals surface area contributed by atoms with Gasteiger partial charge in [0.1, 0.15) is 5.92 Å². The molecule has 1 atom stereocenters. The van der Waals surface area contributed by atoms with Crippen LogP contribution in [0.25, 0.3) is 0 Å². The number of nitrogens with zero attached hydrogens (tertiary/aromatic N) is 1. The second-order valence-electron chi connectivity index (χ2n) is 4.14. The lowest BCUT2D eigenvalue weighted by atomic mass is 9.96. The van der Waals surface area contributed by atoms with E-state index in [2.05, 4.69) is 4.98 Å². The number of benzene rings is 1. The maximum Gasteiger partial charge on any atom is 0.312 e. The summed E-state index contributed by atoms with van der Waals surface area (Å²) in [6.07, 6.45) is 1.95. The summed E-state index contributed by atoms with van der Waals surface area (Å²) in [7, 11) is 0. The molecule has 0 aliphatic heterocycles. The first kappa shape index (κ1) is 12.8. The van der Waals surface area contributed by atoms with Gasteiger partial charge < -0.3 is 10.1 Å². The Morgan fingerprint density at radius 1 is 1.32 bits per heavy atom. The summed E-state index contributed by atoms with van der Waals surface area (Å²) in [6, 6.07) is 9.37. The van der Waals surface area contributed by atoms with Gasteiger partial charge in [0, 0.05) is 24.0 Å². The van der Waals surface area contributed by atoms with Crippen LogP contribution in [0.2, 0.25) is 0 Å². The predicted molar refractivity (Wildman–Crippen MR) is 68.0 cm³/mol. The number of aliphatic carboxylic acids is 1. The summed E-state index contributed by atoms with van der Waals surface area (Å²) in [5.41, 5.74) is 1.36. The van der Waals surface area contributed by atoms with E-state index in [0.29, 0.717) is 5.69 Å². The fraction of sp³-hybridized carbons (Fsp3) is 0.154. The highest BCUT2D eigenvalue weighted by molar-refractivity contribution is 5.75. The molecule has 98 valence electrons. The number of rotatable bonds is 5. The lowest BCUT2D eigenvalue weighted by Gasteiger charge is -2.10. The van der Waals surface area contributed by atoms with E-state index in [1.165, 1.54) is 12.1 Å². The van der Waals surface area contributed by atoms with Gasteiger partial charge in [0.2, 0.25) is 0 Å². The van der Waals surface area contributed by atoms with Crippen molar-refractivity contribution in [2.75, 3.05) is 0 Å². The second-order valence-corrected chi connectivity index (χ2v) is 4.14. The van der Waals surface area contributed by atoms with Crippen LogP contribution in [0, 0.1) is 10.1 Å². The molecule has 0 bridgehead atoms. The smallest absolute Gasteiger partial charge is 0.312 e. The van der Waals surface area contributed by atoms with Gasteiger partial charge in [-0.15, -0.1) is 0 Å². The van der Waals surface area contributed by atoms with Crippen molar-refractivity contribution >= 4 is 11.7 Å². The average Bonchev–Trinajstić information content (AvgIpc) is 2.89. The summed E-state index contributed by atoms with van der Waals surface area (Å²) < 4.78 is 0. The van der Waals surface area contributed by atoms with Crippen LogP contribution in [-0.2, 0) is 11.2 Å². The third-order valence-corrected chi connectivity index (χ3v) is 2.88. The first-order chi connectivity index (χ1) is 9.08. The van der Waals surface area contributed by atoms with Crippen LogP contribution in [0.1, 0.15) is 17.2 Å². The van der Waals surface area contributed by atoms with Crippen LogP contribution < -0.4 is 0 Å². The van der Waals surface area contributed by atoms with Crippen molar-refractivity contribution in [1.29, 1.82) is 0 Å². The van der Waals surface area contributed by atoms with Crippen LogP contribution >= 0.6 is 0 Å². The molecule has 2 N–H and O–H groups in total. The number of H-pyrrole nitrogens is 1. The Hall–Kier alpha value is -2.63. The number of carboxylic acids is 1. The number of non-ortho nitro benzene ring substituents is 1. The number of carbonyl (C=O) groups is 1. The number of hydrogen-bond acceptors (Lipinski definition) is 3. The highest BCUT2D eigenvalue weighted by atomic mass is 16.6. The number of nitro groups is 1. The quantitative estimate of drug-likeness (QED) is 0.637. The molecule has 1 aromatic heterocycles. The van der Waals surface area contributed by atoms with Crippen molar-refractivity contribution in [2.45, 2.75) is 12.3 Å². The molecule has 6 heteroatoms. The van der Waals surface area contributed by atoms with Crippen molar-refractivity contribution in [3.8, 4) is 0 Å². The average molecular weight is 260 g/mol. The number of aromatic nitrogens is 1. The van der Waals surface area contributed by atoms with E-state index in [-0.39, 0.29) is 12.1 Å². The molecule has 2 aromatic rings. The van der Waals surface area contributed by atoms with Gasteiger partial charge in [-0.1, -0.05) is 12.1 Å². The van der Waals surface area contributed by atoms with E-state index >= 15 is 0 Å². The van der Waals surface area contributed by atoms with Crippen LogP contribution in [0.15, 0.2) is 42.6 Å². The first-order valence-electron chi connectivity index (χ1n) is 5.67. The molecule has 1 aromatic carbocycles. The van der Waals surface area contributed by atoms with Gasteiger partial charge in [-0.25, -0.2) is 0 Å². The first-order valence-corrected chi connectivity index (χ1v) is 5.67. The van der Waals surface area contributed by atoms with E-state index in [4.69, 9.17) is 0 Å². The van der Waals surface area contributed by atoms with Crippen molar-refractivity contribution in [1.82, 2.24) is 4.98 Å². The number of carboxylic acid groups (broad SMARTS) is 1. The molecular formula is C13H12N2O4.